The van der Waals surface area contributed by atoms with Gasteiger partial charge in [0.05, 0.1) is 0 Å². The van der Waals surface area contributed by atoms with Crippen LogP contribution in [-0.2, 0) is 47.1 Å². The first kappa shape index (κ1) is 31.4. The van der Waals surface area contributed by atoms with Crippen LogP contribution in [0.15, 0.2) is 0 Å². The van der Waals surface area contributed by atoms with Gasteiger partial charge in [0, 0.05) is 0 Å². The number of aliphatic carboxylic acids is 1. The van der Waals surface area contributed by atoms with E-state index in [1.165, 1.54) is 0 Å². The van der Waals surface area contributed by atoms with Crippen LogP contribution in [0.1, 0.15) is 0 Å². The van der Waals surface area contributed by atoms with E-state index in [0.717, 1.165) is 0 Å². The molecule has 0 radical (unpaired) electrons. The van der Waals surface area contributed by atoms with Crippen molar-refractivity contribution in [1.29, 1.82) is 0 Å². The van der Waals surface area contributed by atoms with Crippen molar-refractivity contribution < 1.29 is 57.3 Å². The van der Waals surface area contributed by atoms with Gasteiger partial charge in [0.15, 0.2) is 0 Å². The minimum atomic E-state index is -1.19. The Balaban J connectivity index is -0.0000000183. The van der Waals surface area contributed by atoms with Gasteiger partial charge < -0.3 is 21.2 Å². The van der Waals surface area contributed by atoms with Gasteiger partial charge >= 0.3 is 33.8 Å². The number of hydrogen-bond acceptors (Lipinski definition) is 4. The van der Waals surface area contributed by atoms with Crippen LogP contribution in [0, 0.1) is 0 Å². The average molecular weight is 200 g/mol. The zero-order chi connectivity index (χ0) is 6.99. The van der Waals surface area contributed by atoms with E-state index in [2.05, 4.69) is 0 Å². The van der Waals surface area contributed by atoms with E-state index in [1.54, 1.807) is 0 Å². The van der Waals surface area contributed by atoms with E-state index >= 15 is 0 Å². The summed E-state index contributed by atoms with van der Waals surface area (Å²) in [4.78, 5) is 25.4. The number of aliphatic hydroxyl groups excluding tert-OH is 1. The van der Waals surface area contributed by atoms with E-state index in [-0.39, 0.29) is 38.8 Å². The molecule has 0 heterocycles. The molecule has 0 rings (SSSR count). The van der Waals surface area contributed by atoms with Crippen LogP contribution in [0.25, 0.3) is 0 Å². The number of carboxylic acid groups (broad SMARTS) is 1. The third kappa shape index (κ3) is 251. The smallest absolute Gasteiger partial charge is 2.00 e. The molecular formula is C3H4O7Ti. The molecule has 0 saturated heterocycles. The Morgan fingerprint density at radius 3 is 1.36 bits per heavy atom. The second-order valence-electron chi connectivity index (χ2n) is 0.635. The molecule has 0 aromatic rings. The third-order valence-electron chi connectivity index (χ3n) is 0.135. The molecule has 0 amide bonds. The van der Waals surface area contributed by atoms with Crippen molar-refractivity contribution in [3.05, 3.63) is 0 Å². The molecule has 0 aliphatic heterocycles. The van der Waals surface area contributed by atoms with Crippen molar-refractivity contribution >= 4 is 12.1 Å². The quantitative estimate of drug-likeness (QED) is 0.480. The molecule has 0 fully saturated rings. The topological polar surface area (TPSA) is 149 Å². The molecule has 62 valence electrons. The fourth-order valence-electron chi connectivity index (χ4n) is 0. The second-order valence-corrected chi connectivity index (χ2v) is 0.635. The van der Waals surface area contributed by atoms with Gasteiger partial charge in [0.1, 0.15) is 6.61 Å². The van der Waals surface area contributed by atoms with Gasteiger partial charge in [-0.05, 0) is 0 Å². The first-order chi connectivity index (χ1) is 3.68. The van der Waals surface area contributed by atoms with Crippen LogP contribution in [0.2, 0.25) is 0 Å². The second kappa shape index (κ2) is 34.1. The first-order valence-electron chi connectivity index (χ1n) is 1.51. The fourth-order valence-corrected chi connectivity index (χ4v) is 0. The SMILES string of the molecule is O=C(O)CO.O=C=O.[O-2].[O-2].[Ti+4]. The van der Waals surface area contributed by atoms with Gasteiger partial charge in [-0.3, -0.25) is 0 Å². The van der Waals surface area contributed by atoms with Crippen LogP contribution < -0.4 is 0 Å². The molecule has 0 aromatic heterocycles. The molecule has 8 heteroatoms. The van der Waals surface area contributed by atoms with Gasteiger partial charge in [0.2, 0.25) is 0 Å². The van der Waals surface area contributed by atoms with E-state index in [0.29, 0.717) is 0 Å². The molecule has 0 aliphatic rings. The van der Waals surface area contributed by atoms with Crippen LogP contribution in [-0.4, -0.2) is 28.9 Å². The number of carboxylic acids is 1. The summed E-state index contributed by atoms with van der Waals surface area (Å²) in [6.45, 7) is -0.778. The molecule has 0 bridgehead atoms. The maximum atomic E-state index is 9.12. The zero-order valence-corrected chi connectivity index (χ0v) is 6.70. The molecule has 0 unspecified atom stereocenters. The van der Waals surface area contributed by atoms with Gasteiger partial charge in [-0.15, -0.1) is 0 Å². The van der Waals surface area contributed by atoms with Gasteiger partial charge in [-0.25, -0.2) is 4.79 Å². The third-order valence-corrected chi connectivity index (χ3v) is 0.135. The van der Waals surface area contributed by atoms with E-state index < -0.39 is 12.6 Å². The number of carbonyl (C=O) groups is 1. The van der Waals surface area contributed by atoms with Crippen molar-refractivity contribution in [2.45, 2.75) is 0 Å². The van der Waals surface area contributed by atoms with Gasteiger partial charge in [-0.2, -0.15) is 9.59 Å². The average Bonchev–Trinajstić information content (AvgIpc) is 1.69. The molecular weight excluding hydrogens is 196 g/mol. The Labute approximate surface area is 76.5 Å². The van der Waals surface area contributed by atoms with Crippen LogP contribution in [0.5, 0.6) is 0 Å². The summed E-state index contributed by atoms with van der Waals surface area (Å²) in [6.07, 6.45) is 0.250. The standard InChI is InChI=1S/C2H4O3.CO2.2O.Ti/c3-1-2(4)5;2-1-3;;;/h3H,1H2,(H,4,5);;;;/q;;2*-2;+4. The summed E-state index contributed by atoms with van der Waals surface area (Å²) >= 11 is 0. The maximum absolute atomic E-state index is 9.12. The first-order valence-corrected chi connectivity index (χ1v) is 1.51. The zero-order valence-electron chi connectivity index (χ0n) is 5.14. The van der Waals surface area contributed by atoms with Gasteiger partial charge in [0.25, 0.3) is 0 Å². The molecule has 0 aliphatic carbocycles. The molecule has 7 nitrogen and oxygen atoms in total. The summed E-state index contributed by atoms with van der Waals surface area (Å²) in [6, 6.07) is 0. The summed E-state index contributed by atoms with van der Waals surface area (Å²) < 4.78 is 0. The Kier molecular flexibility index (Phi) is 97.4. The molecule has 11 heavy (non-hydrogen) atoms. The minimum absolute atomic E-state index is 0. The maximum Gasteiger partial charge on any atom is 4.00 e. The summed E-state index contributed by atoms with van der Waals surface area (Å²) in [7, 11) is 0. The molecule has 0 spiro atoms. The Morgan fingerprint density at radius 1 is 1.27 bits per heavy atom. The van der Waals surface area contributed by atoms with Gasteiger partial charge in [-0.1, -0.05) is 0 Å². The molecule has 0 saturated carbocycles. The Hall–Kier alpha value is -0.556. The Morgan fingerprint density at radius 2 is 1.36 bits per heavy atom. The van der Waals surface area contributed by atoms with Crippen LogP contribution >= 0.6 is 0 Å². The largest absolute Gasteiger partial charge is 4.00 e. The Bertz CT molecular complexity index is 95.9. The van der Waals surface area contributed by atoms with Crippen molar-refractivity contribution in [2.75, 3.05) is 6.61 Å². The van der Waals surface area contributed by atoms with E-state index in [9.17, 15) is 0 Å². The minimum Gasteiger partial charge on any atom is -2.00 e. The van der Waals surface area contributed by atoms with Crippen LogP contribution in [0.4, 0.5) is 0 Å². The predicted octanol–water partition coefficient (Wildman–Crippen LogP) is -1.76. The van der Waals surface area contributed by atoms with Crippen LogP contribution in [0.3, 0.4) is 0 Å². The van der Waals surface area contributed by atoms with Crippen molar-refractivity contribution in [2.24, 2.45) is 0 Å². The summed E-state index contributed by atoms with van der Waals surface area (Å²) in [5.74, 6) is -1.19. The van der Waals surface area contributed by atoms with Crippen molar-refractivity contribution in [1.82, 2.24) is 0 Å². The normalized spacial score (nSPS) is 4.09. The molecule has 0 atom stereocenters. The van der Waals surface area contributed by atoms with Crippen molar-refractivity contribution in [3.63, 3.8) is 0 Å². The number of aliphatic hydroxyl groups is 1. The fraction of sp³-hybridized carbons (Fsp3) is 0.333. The molecule has 2 N–H and O–H groups in total. The monoisotopic (exact) mass is 200 g/mol. The summed E-state index contributed by atoms with van der Waals surface area (Å²) in [5.41, 5.74) is 0. The predicted molar refractivity (Wildman–Crippen MR) is 21.1 cm³/mol. The molecule has 0 aromatic carbocycles. The number of hydrogen-bond donors (Lipinski definition) is 2. The van der Waals surface area contributed by atoms with E-state index in [1.807, 2.05) is 0 Å². The van der Waals surface area contributed by atoms with E-state index in [4.69, 9.17) is 24.6 Å². The number of carbonyl (C=O) groups excluding carboxylic acids is 2. The number of rotatable bonds is 1. The summed E-state index contributed by atoms with van der Waals surface area (Å²) in [5, 5.41) is 15.0. The van der Waals surface area contributed by atoms with Crippen molar-refractivity contribution in [3.8, 4) is 0 Å².